The molecule has 0 bridgehead atoms. The number of phenols is 1. The van der Waals surface area contributed by atoms with Gasteiger partial charge in [-0.2, -0.15) is 8.42 Å². The van der Waals surface area contributed by atoms with Crippen LogP contribution in [0.25, 0.3) is 32.7 Å². The number of fused-ring (bicyclic) bond motifs is 3. The highest BCUT2D eigenvalue weighted by molar-refractivity contribution is 7.94. The summed E-state index contributed by atoms with van der Waals surface area (Å²) < 4.78 is 38.3. The summed E-state index contributed by atoms with van der Waals surface area (Å²) in [5, 5.41) is 41.3. The second-order valence-electron chi connectivity index (χ2n) is 8.73. The third-order valence-corrected chi connectivity index (χ3v) is 7.76. The zero-order valence-electron chi connectivity index (χ0n) is 21.5. The number of benzene rings is 3. The number of aromatic hydroxyl groups is 1. The first kappa shape index (κ1) is 28.2. The fraction of sp³-hybridized carbons (Fsp3) is 0. The Balaban J connectivity index is 1.39. The van der Waals surface area contributed by atoms with Gasteiger partial charge in [-0.3, -0.25) is 19.5 Å². The maximum absolute atomic E-state index is 12.0. The molecule has 0 radical (unpaired) electrons. The van der Waals surface area contributed by atoms with Crippen molar-refractivity contribution >= 4 is 77.6 Å². The van der Waals surface area contributed by atoms with Gasteiger partial charge >= 0.3 is 0 Å². The first-order chi connectivity index (χ1) is 20.8. The van der Waals surface area contributed by atoms with Crippen LogP contribution in [-0.2, 0) is 19.5 Å². The van der Waals surface area contributed by atoms with E-state index in [0.29, 0.717) is 43.8 Å². The summed E-state index contributed by atoms with van der Waals surface area (Å²) in [6, 6.07) is 17.6. The van der Waals surface area contributed by atoms with Crippen LogP contribution < -0.4 is 0 Å². The Labute approximate surface area is 246 Å². The molecule has 0 atom stereocenters. The number of azo groups is 2. The van der Waals surface area contributed by atoms with Gasteiger partial charge in [0, 0.05) is 39.6 Å². The average Bonchev–Trinajstić information content (AvgIpc) is 3.02. The van der Waals surface area contributed by atoms with Crippen LogP contribution in [0.4, 0.5) is 22.7 Å². The molecule has 0 aliphatic heterocycles. The summed E-state index contributed by atoms with van der Waals surface area (Å²) in [4.78, 5) is 13.0. The molecular formula is C27H17N7O7S2. The molecule has 14 nitrogen and oxygen atoms in total. The van der Waals surface area contributed by atoms with Crippen LogP contribution in [0.1, 0.15) is 0 Å². The molecular weight excluding hydrogens is 598 g/mol. The molecule has 6 aromatic rings. The fourth-order valence-electron chi connectivity index (χ4n) is 4.34. The van der Waals surface area contributed by atoms with Crippen molar-refractivity contribution in [3.05, 3.63) is 85.3 Å². The molecule has 16 heteroatoms. The zero-order chi connectivity index (χ0) is 30.0. The van der Waals surface area contributed by atoms with E-state index in [-0.39, 0.29) is 16.6 Å². The van der Waals surface area contributed by atoms with Crippen molar-refractivity contribution in [3.8, 4) is 5.75 Å². The van der Waals surface area contributed by atoms with Crippen molar-refractivity contribution < 1.29 is 32.7 Å². The molecule has 0 amide bonds. The van der Waals surface area contributed by atoms with E-state index in [1.54, 1.807) is 54.9 Å². The van der Waals surface area contributed by atoms with Crippen LogP contribution >= 0.6 is 12.0 Å². The number of pyridine rings is 3. The maximum Gasteiger partial charge on any atom is 0.295 e. The van der Waals surface area contributed by atoms with Crippen molar-refractivity contribution in [1.82, 2.24) is 15.0 Å². The Morgan fingerprint density at radius 1 is 0.674 bits per heavy atom. The molecule has 214 valence electrons. The highest BCUT2D eigenvalue weighted by atomic mass is 32.2. The normalized spacial score (nSPS) is 12.3. The van der Waals surface area contributed by atoms with E-state index in [2.05, 4.69) is 44.8 Å². The lowest BCUT2D eigenvalue weighted by molar-refractivity contribution is -0.432. The topological polar surface area (TPSA) is 201 Å². The van der Waals surface area contributed by atoms with Gasteiger partial charge in [-0.15, -0.1) is 24.8 Å². The Bertz CT molecular complexity index is 2200. The van der Waals surface area contributed by atoms with Gasteiger partial charge in [0.05, 0.1) is 28.8 Å². The number of rotatable bonds is 8. The zero-order valence-corrected chi connectivity index (χ0v) is 23.1. The second kappa shape index (κ2) is 11.7. The molecule has 0 saturated carbocycles. The molecule has 6 rings (SSSR count). The van der Waals surface area contributed by atoms with Gasteiger partial charge < -0.3 is 5.11 Å². The summed E-state index contributed by atoms with van der Waals surface area (Å²) in [6.07, 6.45) is 4.54. The molecule has 3 aromatic heterocycles. The van der Waals surface area contributed by atoms with Gasteiger partial charge in [0.2, 0.25) is 0 Å². The maximum atomic E-state index is 12.0. The van der Waals surface area contributed by atoms with E-state index in [9.17, 15) is 18.1 Å². The van der Waals surface area contributed by atoms with Crippen LogP contribution in [0.15, 0.2) is 116 Å². The van der Waals surface area contributed by atoms with Crippen LogP contribution in [0.5, 0.6) is 5.75 Å². The van der Waals surface area contributed by atoms with E-state index >= 15 is 0 Å². The van der Waals surface area contributed by atoms with Gasteiger partial charge in [-0.05, 0) is 66.7 Å². The summed E-state index contributed by atoms with van der Waals surface area (Å²) in [6.45, 7) is 0. The fourth-order valence-corrected chi connectivity index (χ4v) is 5.52. The van der Waals surface area contributed by atoms with E-state index in [1.165, 1.54) is 18.3 Å². The lowest BCUT2D eigenvalue weighted by Gasteiger charge is -2.08. The monoisotopic (exact) mass is 615 g/mol. The lowest BCUT2D eigenvalue weighted by atomic mass is 10.1. The van der Waals surface area contributed by atoms with Crippen LogP contribution in [0, 0.1) is 0 Å². The summed E-state index contributed by atoms with van der Waals surface area (Å²) >= 11 is 0.809. The number of hydrogen-bond donors (Lipinski definition) is 3. The van der Waals surface area contributed by atoms with Gasteiger partial charge in [-0.1, -0.05) is 5.04 Å². The predicted molar refractivity (Wildman–Crippen MR) is 156 cm³/mol. The minimum absolute atomic E-state index is 0.0344. The van der Waals surface area contributed by atoms with E-state index in [4.69, 9.17) is 5.26 Å². The lowest BCUT2D eigenvalue weighted by Crippen LogP contribution is -1.99. The van der Waals surface area contributed by atoms with E-state index in [0.717, 1.165) is 18.1 Å². The average molecular weight is 616 g/mol. The highest BCUT2D eigenvalue weighted by Gasteiger charge is 2.20. The standard InChI is InChI=1S/C27H17N7O7S2/c35-27-21(14-23(43(37,38)39)17-6-3-13-30-26(17)27)34-33-19-8-7-18(15-4-1-11-28-24(15)19)31-32-20-9-10-22(42-41-40-36)16-5-2-12-29-25(16)20/h1-14,35-36H,(H,37,38,39). The number of nitrogens with zero attached hydrogens (tertiary/aromatic N) is 7. The smallest absolute Gasteiger partial charge is 0.295 e. The van der Waals surface area contributed by atoms with E-state index < -0.39 is 20.8 Å². The number of aromatic nitrogens is 3. The van der Waals surface area contributed by atoms with Crippen molar-refractivity contribution in [2.75, 3.05) is 0 Å². The Morgan fingerprint density at radius 2 is 1.21 bits per heavy atom. The number of phenolic OH excluding ortho intramolecular Hbond substituents is 1. The third kappa shape index (κ3) is 5.61. The largest absolute Gasteiger partial charge is 0.504 e. The highest BCUT2D eigenvalue weighted by Crippen LogP contribution is 2.40. The van der Waals surface area contributed by atoms with Gasteiger partial charge in [0.15, 0.2) is 5.75 Å². The second-order valence-corrected chi connectivity index (χ2v) is 10.9. The molecule has 0 fully saturated rings. The van der Waals surface area contributed by atoms with Crippen LogP contribution in [0.2, 0.25) is 0 Å². The molecule has 3 heterocycles. The number of hydrogen-bond acceptors (Lipinski definition) is 14. The van der Waals surface area contributed by atoms with Crippen molar-refractivity contribution in [2.24, 2.45) is 20.5 Å². The summed E-state index contributed by atoms with van der Waals surface area (Å²) in [7, 11) is -4.66. The van der Waals surface area contributed by atoms with Crippen LogP contribution in [0.3, 0.4) is 0 Å². The summed E-state index contributed by atoms with van der Waals surface area (Å²) in [5.74, 6) is -0.407. The Kier molecular flexibility index (Phi) is 7.68. The molecule has 0 aliphatic rings. The van der Waals surface area contributed by atoms with Gasteiger partial charge in [0.1, 0.15) is 27.5 Å². The first-order valence-corrected chi connectivity index (χ1v) is 14.3. The molecule has 0 spiro atoms. The van der Waals surface area contributed by atoms with Crippen LogP contribution in [-0.4, -0.2) is 38.3 Å². The van der Waals surface area contributed by atoms with Gasteiger partial charge in [0.25, 0.3) is 10.1 Å². The summed E-state index contributed by atoms with van der Waals surface area (Å²) in [5.41, 5.74) is 1.90. The molecule has 3 aromatic carbocycles. The van der Waals surface area contributed by atoms with Crippen molar-refractivity contribution in [2.45, 2.75) is 9.79 Å². The Hall–Kier alpha value is -4.97. The predicted octanol–water partition coefficient (Wildman–Crippen LogP) is 7.54. The minimum atomic E-state index is -4.66. The first-order valence-electron chi connectivity index (χ1n) is 12.2. The Morgan fingerprint density at radius 3 is 1.88 bits per heavy atom. The SMILES string of the molecule is O=S(=O)(O)c1cc(N=Nc2ccc(N=Nc3ccc(SOOO)c4cccnc34)c3cccnc23)c(O)c2ncccc12. The quantitative estimate of drug-likeness (QED) is 0.0501. The van der Waals surface area contributed by atoms with Gasteiger partial charge in [-0.25, -0.2) is 5.26 Å². The third-order valence-electron chi connectivity index (χ3n) is 6.20. The van der Waals surface area contributed by atoms with Crippen molar-refractivity contribution in [3.63, 3.8) is 0 Å². The van der Waals surface area contributed by atoms with E-state index in [1.807, 2.05) is 6.07 Å². The molecule has 43 heavy (non-hydrogen) atoms. The molecule has 0 saturated heterocycles. The molecule has 0 aliphatic carbocycles. The molecule has 0 unspecified atom stereocenters. The molecule has 3 N–H and O–H groups in total. The minimum Gasteiger partial charge on any atom is -0.504 e. The van der Waals surface area contributed by atoms with Crippen molar-refractivity contribution in [1.29, 1.82) is 0 Å².